The molecule has 1 amide bonds. The first-order chi connectivity index (χ1) is 11.9. The molecule has 8 heteroatoms. The lowest BCUT2D eigenvalue weighted by Gasteiger charge is -2.32. The number of piperazine rings is 1. The maximum atomic E-state index is 12.4. The summed E-state index contributed by atoms with van der Waals surface area (Å²) < 4.78 is 27.2. The molecule has 1 saturated heterocycles. The number of hydrogen-bond acceptors (Lipinski definition) is 5. The average Bonchev–Trinajstić information content (AvgIpc) is 3.12. The molecule has 3 rings (SSSR count). The molecular weight excluding hydrogens is 358 g/mol. The summed E-state index contributed by atoms with van der Waals surface area (Å²) in [5.74, 6) is 0.0975. The predicted molar refractivity (Wildman–Crippen MR) is 99.3 cm³/mol. The topological polar surface area (TPSA) is 78.5 Å². The molecule has 2 aromatic rings. The summed E-state index contributed by atoms with van der Waals surface area (Å²) in [4.78, 5) is 14.2. The van der Waals surface area contributed by atoms with E-state index in [1.807, 2.05) is 4.90 Å². The van der Waals surface area contributed by atoms with Crippen LogP contribution in [0.2, 0.25) is 0 Å². The molecule has 0 radical (unpaired) electrons. The van der Waals surface area contributed by atoms with Crippen molar-refractivity contribution in [1.29, 1.82) is 0 Å². The van der Waals surface area contributed by atoms with E-state index in [1.54, 1.807) is 41.8 Å². The number of sulfonamides is 1. The van der Waals surface area contributed by atoms with E-state index >= 15 is 0 Å². The van der Waals surface area contributed by atoms with Crippen LogP contribution in [0.5, 0.6) is 0 Å². The van der Waals surface area contributed by atoms with Crippen LogP contribution in [0.3, 0.4) is 0 Å². The molecule has 0 spiro atoms. The van der Waals surface area contributed by atoms with Crippen LogP contribution in [0.15, 0.2) is 46.0 Å². The van der Waals surface area contributed by atoms with E-state index in [0.29, 0.717) is 18.2 Å². The minimum Gasteiger partial charge on any atom is -0.340 e. The molecule has 1 aliphatic rings. The predicted octanol–water partition coefficient (Wildman–Crippen LogP) is 1.91. The van der Waals surface area contributed by atoms with E-state index in [1.165, 1.54) is 11.3 Å². The Morgan fingerprint density at radius 3 is 2.72 bits per heavy atom. The molecule has 6 nitrogen and oxygen atoms in total. The third kappa shape index (κ3) is 4.59. The molecule has 25 heavy (non-hydrogen) atoms. The van der Waals surface area contributed by atoms with Crippen molar-refractivity contribution in [2.24, 2.45) is 0 Å². The summed E-state index contributed by atoms with van der Waals surface area (Å²) in [6.45, 7) is 4.32. The monoisotopic (exact) mass is 379 g/mol. The van der Waals surface area contributed by atoms with Crippen molar-refractivity contribution in [3.05, 3.63) is 47.3 Å². The lowest BCUT2D eigenvalue weighted by atomic mass is 10.1. The van der Waals surface area contributed by atoms with Gasteiger partial charge in [0.15, 0.2) is 0 Å². The van der Waals surface area contributed by atoms with Gasteiger partial charge in [-0.25, -0.2) is 8.42 Å². The summed E-state index contributed by atoms with van der Waals surface area (Å²) in [5.41, 5.74) is 1.36. The quantitative estimate of drug-likeness (QED) is 0.832. The molecular formula is C17H21N3O3S2. The Morgan fingerprint density at radius 2 is 2.08 bits per heavy atom. The molecule has 0 aliphatic carbocycles. The molecule has 0 bridgehead atoms. The molecule has 2 heterocycles. The highest BCUT2D eigenvalue weighted by Crippen LogP contribution is 2.20. The number of rotatable bonds is 5. The molecule has 1 aromatic heterocycles. The summed E-state index contributed by atoms with van der Waals surface area (Å²) in [6, 6.07) is 10.5. The van der Waals surface area contributed by atoms with Crippen LogP contribution in [-0.4, -0.2) is 44.9 Å². The minimum absolute atomic E-state index is 0.0975. The number of thiophene rings is 1. The molecule has 1 fully saturated rings. The smallest absolute Gasteiger partial charge is 0.271 e. The number of anilines is 1. The van der Waals surface area contributed by atoms with Gasteiger partial charge in [0.05, 0.1) is 6.42 Å². The van der Waals surface area contributed by atoms with Gasteiger partial charge in [0, 0.05) is 31.4 Å². The summed E-state index contributed by atoms with van der Waals surface area (Å²) in [5, 5.41) is 5.04. The van der Waals surface area contributed by atoms with Crippen LogP contribution in [0.25, 0.3) is 0 Å². The Hall–Kier alpha value is -1.90. The molecule has 1 atom stereocenters. The van der Waals surface area contributed by atoms with Crippen molar-refractivity contribution in [3.8, 4) is 0 Å². The minimum atomic E-state index is -3.54. The van der Waals surface area contributed by atoms with Gasteiger partial charge < -0.3 is 10.2 Å². The Balaban J connectivity index is 1.61. The fraction of sp³-hybridized carbons (Fsp3) is 0.353. The molecule has 1 aromatic carbocycles. The number of carbonyl (C=O) groups is 1. The standard InChI is InChI=1S/C17H21N3O3S2/c1-13-12-20(9-8-18-13)16(21)11-14-4-6-15(7-5-14)19-25(22,23)17-3-2-10-24-17/h2-7,10,13,18-19H,8-9,11-12H2,1H3. The van der Waals surface area contributed by atoms with E-state index in [4.69, 9.17) is 0 Å². The maximum Gasteiger partial charge on any atom is 0.271 e. The average molecular weight is 380 g/mol. The fourth-order valence-corrected chi connectivity index (χ4v) is 4.81. The molecule has 0 saturated carbocycles. The largest absolute Gasteiger partial charge is 0.340 e. The Morgan fingerprint density at radius 1 is 1.32 bits per heavy atom. The lowest BCUT2D eigenvalue weighted by Crippen LogP contribution is -2.51. The van der Waals surface area contributed by atoms with E-state index in [9.17, 15) is 13.2 Å². The third-order valence-electron chi connectivity index (χ3n) is 4.04. The van der Waals surface area contributed by atoms with Gasteiger partial charge in [-0.15, -0.1) is 11.3 Å². The van der Waals surface area contributed by atoms with Crippen molar-refractivity contribution in [2.45, 2.75) is 23.6 Å². The molecule has 134 valence electrons. The van der Waals surface area contributed by atoms with E-state index in [-0.39, 0.29) is 10.1 Å². The first kappa shape index (κ1) is 17.9. The van der Waals surface area contributed by atoms with Crippen molar-refractivity contribution >= 4 is 33.0 Å². The zero-order chi connectivity index (χ0) is 17.9. The summed E-state index contributed by atoms with van der Waals surface area (Å²) >= 11 is 1.17. The fourth-order valence-electron chi connectivity index (χ4n) is 2.76. The maximum absolute atomic E-state index is 12.4. The highest BCUT2D eigenvalue weighted by molar-refractivity contribution is 7.94. The number of amides is 1. The SMILES string of the molecule is CC1CN(C(=O)Cc2ccc(NS(=O)(=O)c3cccs3)cc2)CCN1. The molecule has 1 unspecified atom stereocenters. The Labute approximate surface area is 151 Å². The van der Waals surface area contributed by atoms with Crippen molar-refractivity contribution in [1.82, 2.24) is 10.2 Å². The number of nitrogens with one attached hydrogen (secondary N) is 2. The summed E-state index contributed by atoms with van der Waals surface area (Å²) in [6.07, 6.45) is 0.324. The van der Waals surface area contributed by atoms with Gasteiger partial charge in [0.2, 0.25) is 5.91 Å². The van der Waals surface area contributed by atoms with Gasteiger partial charge in [-0.2, -0.15) is 0 Å². The van der Waals surface area contributed by atoms with Crippen molar-refractivity contribution < 1.29 is 13.2 Å². The van der Waals surface area contributed by atoms with Gasteiger partial charge in [0.25, 0.3) is 10.0 Å². The van der Waals surface area contributed by atoms with Gasteiger partial charge in [0.1, 0.15) is 4.21 Å². The van der Waals surface area contributed by atoms with Crippen LogP contribution in [0.4, 0.5) is 5.69 Å². The third-order valence-corrected chi connectivity index (χ3v) is 6.82. The Kier molecular flexibility index (Phi) is 5.41. The van der Waals surface area contributed by atoms with Crippen LogP contribution in [0, 0.1) is 0 Å². The first-order valence-corrected chi connectivity index (χ1v) is 10.5. The molecule has 2 N–H and O–H groups in total. The van der Waals surface area contributed by atoms with E-state index < -0.39 is 10.0 Å². The van der Waals surface area contributed by atoms with E-state index in [2.05, 4.69) is 17.0 Å². The zero-order valence-corrected chi connectivity index (χ0v) is 15.6. The van der Waals surface area contributed by atoms with Crippen LogP contribution >= 0.6 is 11.3 Å². The highest BCUT2D eigenvalue weighted by atomic mass is 32.2. The normalized spacial score (nSPS) is 18.1. The van der Waals surface area contributed by atoms with Gasteiger partial charge in [-0.3, -0.25) is 9.52 Å². The van der Waals surface area contributed by atoms with Gasteiger partial charge >= 0.3 is 0 Å². The second-order valence-electron chi connectivity index (χ2n) is 6.11. The van der Waals surface area contributed by atoms with Crippen molar-refractivity contribution in [2.75, 3.05) is 24.4 Å². The van der Waals surface area contributed by atoms with Gasteiger partial charge in [-0.1, -0.05) is 18.2 Å². The van der Waals surface area contributed by atoms with Crippen LogP contribution < -0.4 is 10.0 Å². The highest BCUT2D eigenvalue weighted by Gasteiger charge is 2.20. The first-order valence-electron chi connectivity index (χ1n) is 8.10. The Bertz CT molecular complexity index is 817. The van der Waals surface area contributed by atoms with E-state index in [0.717, 1.165) is 25.2 Å². The van der Waals surface area contributed by atoms with Gasteiger partial charge in [-0.05, 0) is 36.1 Å². The van der Waals surface area contributed by atoms with Crippen LogP contribution in [0.1, 0.15) is 12.5 Å². The molecule has 1 aliphatic heterocycles. The number of benzene rings is 1. The number of carbonyl (C=O) groups excluding carboxylic acids is 1. The second kappa shape index (κ2) is 7.55. The number of nitrogens with zero attached hydrogens (tertiary/aromatic N) is 1. The second-order valence-corrected chi connectivity index (χ2v) is 8.96. The zero-order valence-electron chi connectivity index (χ0n) is 13.9. The summed E-state index contributed by atoms with van der Waals surface area (Å²) in [7, 11) is -3.54. The van der Waals surface area contributed by atoms with Crippen LogP contribution in [-0.2, 0) is 21.2 Å². The van der Waals surface area contributed by atoms with Crippen molar-refractivity contribution in [3.63, 3.8) is 0 Å². The lowest BCUT2D eigenvalue weighted by molar-refractivity contribution is -0.131. The number of hydrogen-bond donors (Lipinski definition) is 2.